The van der Waals surface area contributed by atoms with Crippen LogP contribution >= 0.6 is 0 Å². The number of carbonyl (C=O) groups excluding carboxylic acids is 1. The van der Waals surface area contributed by atoms with Crippen LogP contribution < -0.4 is 11.1 Å². The van der Waals surface area contributed by atoms with Gasteiger partial charge in [0.15, 0.2) is 0 Å². The van der Waals surface area contributed by atoms with Crippen molar-refractivity contribution in [3.05, 3.63) is 12.7 Å². The summed E-state index contributed by atoms with van der Waals surface area (Å²) in [6.45, 7) is 4.37. The van der Waals surface area contributed by atoms with Gasteiger partial charge in [-0.05, 0) is 12.8 Å². The van der Waals surface area contributed by atoms with Gasteiger partial charge in [0, 0.05) is 18.5 Å². The zero-order chi connectivity index (χ0) is 8.27. The molecule has 1 fully saturated rings. The lowest BCUT2D eigenvalue weighted by molar-refractivity contribution is -0.122. The van der Waals surface area contributed by atoms with E-state index in [-0.39, 0.29) is 17.9 Å². The van der Waals surface area contributed by atoms with Gasteiger partial charge in [-0.25, -0.2) is 0 Å². The second kappa shape index (κ2) is 3.53. The van der Waals surface area contributed by atoms with Crippen LogP contribution in [0.25, 0.3) is 0 Å². The molecule has 3 N–H and O–H groups in total. The molecule has 62 valence electrons. The van der Waals surface area contributed by atoms with Crippen molar-refractivity contribution >= 4 is 5.91 Å². The molecule has 0 saturated carbocycles. The van der Waals surface area contributed by atoms with Crippen LogP contribution in [0.5, 0.6) is 0 Å². The molecule has 3 heteroatoms. The highest BCUT2D eigenvalue weighted by molar-refractivity contribution is 5.80. The summed E-state index contributed by atoms with van der Waals surface area (Å²) in [5, 5.41) is 2.77. The summed E-state index contributed by atoms with van der Waals surface area (Å²) in [7, 11) is 0. The van der Waals surface area contributed by atoms with E-state index >= 15 is 0 Å². The van der Waals surface area contributed by atoms with Crippen molar-refractivity contribution < 1.29 is 4.79 Å². The van der Waals surface area contributed by atoms with E-state index < -0.39 is 0 Å². The van der Waals surface area contributed by atoms with E-state index in [4.69, 9.17) is 5.73 Å². The van der Waals surface area contributed by atoms with E-state index in [0.717, 1.165) is 19.4 Å². The minimum absolute atomic E-state index is 0.0381. The van der Waals surface area contributed by atoms with Crippen molar-refractivity contribution in [2.75, 3.05) is 6.54 Å². The largest absolute Gasteiger partial charge is 0.356 e. The second-order valence-corrected chi connectivity index (χ2v) is 2.91. The Bertz CT molecular complexity index is 167. The Balaban J connectivity index is 2.36. The van der Waals surface area contributed by atoms with Crippen LogP contribution in [0.15, 0.2) is 12.7 Å². The molecular formula is C8H14N2O. The molecule has 0 spiro atoms. The lowest BCUT2D eigenvalue weighted by atomic mass is 9.99. The van der Waals surface area contributed by atoms with Crippen LogP contribution in [0.2, 0.25) is 0 Å². The Labute approximate surface area is 66.6 Å². The topological polar surface area (TPSA) is 55.1 Å². The van der Waals surface area contributed by atoms with Crippen molar-refractivity contribution in [1.29, 1.82) is 0 Å². The van der Waals surface area contributed by atoms with Crippen LogP contribution in [0, 0.1) is 5.92 Å². The first-order chi connectivity index (χ1) is 5.24. The summed E-state index contributed by atoms with van der Waals surface area (Å²) in [6.07, 6.45) is 3.33. The summed E-state index contributed by atoms with van der Waals surface area (Å²) >= 11 is 0. The van der Waals surface area contributed by atoms with Gasteiger partial charge in [-0.2, -0.15) is 0 Å². The third-order valence-corrected chi connectivity index (χ3v) is 2.02. The van der Waals surface area contributed by atoms with Crippen molar-refractivity contribution in [3.8, 4) is 0 Å². The van der Waals surface area contributed by atoms with Crippen LogP contribution in [-0.2, 0) is 4.79 Å². The minimum atomic E-state index is -0.0381. The average molecular weight is 154 g/mol. The van der Waals surface area contributed by atoms with Gasteiger partial charge >= 0.3 is 0 Å². The van der Waals surface area contributed by atoms with Crippen molar-refractivity contribution in [2.24, 2.45) is 11.7 Å². The predicted molar refractivity (Wildman–Crippen MR) is 43.9 cm³/mol. The Kier molecular flexibility index (Phi) is 2.65. The van der Waals surface area contributed by atoms with Gasteiger partial charge in [0.1, 0.15) is 0 Å². The molecule has 1 aliphatic heterocycles. The number of nitrogens with one attached hydrogen (secondary N) is 1. The summed E-state index contributed by atoms with van der Waals surface area (Å²) < 4.78 is 0. The van der Waals surface area contributed by atoms with Crippen LogP contribution in [0.1, 0.15) is 12.8 Å². The molecule has 1 saturated heterocycles. The molecule has 0 aromatic carbocycles. The van der Waals surface area contributed by atoms with Gasteiger partial charge in [0.25, 0.3) is 0 Å². The summed E-state index contributed by atoms with van der Waals surface area (Å²) in [5.74, 6) is 0.255. The molecule has 2 atom stereocenters. The van der Waals surface area contributed by atoms with E-state index in [2.05, 4.69) is 11.9 Å². The zero-order valence-electron chi connectivity index (χ0n) is 6.55. The normalized spacial score (nSPS) is 26.3. The fraction of sp³-hybridized carbons (Fsp3) is 0.625. The highest BCUT2D eigenvalue weighted by Crippen LogP contribution is 2.15. The number of amides is 1. The zero-order valence-corrected chi connectivity index (χ0v) is 6.55. The van der Waals surface area contributed by atoms with E-state index in [1.54, 1.807) is 6.08 Å². The minimum Gasteiger partial charge on any atom is -0.356 e. The second-order valence-electron chi connectivity index (χ2n) is 2.91. The molecule has 1 amide bonds. The first-order valence-corrected chi connectivity index (χ1v) is 3.90. The maximum Gasteiger partial charge on any atom is 0.223 e. The van der Waals surface area contributed by atoms with Crippen molar-refractivity contribution in [3.63, 3.8) is 0 Å². The average Bonchev–Trinajstić information content (AvgIpc) is 2.37. The summed E-state index contributed by atoms with van der Waals surface area (Å²) in [6, 6.07) is -0.0381. The lowest BCUT2D eigenvalue weighted by Gasteiger charge is -2.09. The number of hydrogen-bond acceptors (Lipinski definition) is 2. The van der Waals surface area contributed by atoms with Gasteiger partial charge in [-0.1, -0.05) is 6.08 Å². The van der Waals surface area contributed by atoms with Crippen molar-refractivity contribution in [1.82, 2.24) is 5.32 Å². The molecule has 1 heterocycles. The van der Waals surface area contributed by atoms with Gasteiger partial charge in [0.2, 0.25) is 5.91 Å². The number of rotatable bonds is 3. The van der Waals surface area contributed by atoms with Gasteiger partial charge in [-0.3, -0.25) is 4.79 Å². The Morgan fingerprint density at radius 1 is 1.91 bits per heavy atom. The Morgan fingerprint density at radius 2 is 2.64 bits per heavy atom. The Morgan fingerprint density at radius 3 is 3.09 bits per heavy atom. The third-order valence-electron chi connectivity index (χ3n) is 2.02. The highest BCUT2D eigenvalue weighted by atomic mass is 16.2. The molecule has 0 radical (unpaired) electrons. The van der Waals surface area contributed by atoms with Crippen LogP contribution in [0.3, 0.4) is 0 Å². The molecule has 0 bridgehead atoms. The van der Waals surface area contributed by atoms with Gasteiger partial charge in [-0.15, -0.1) is 6.58 Å². The molecule has 0 aromatic rings. The molecule has 11 heavy (non-hydrogen) atoms. The smallest absolute Gasteiger partial charge is 0.223 e. The molecule has 3 nitrogen and oxygen atoms in total. The monoisotopic (exact) mass is 154 g/mol. The highest BCUT2D eigenvalue weighted by Gasteiger charge is 2.24. The number of hydrogen-bond donors (Lipinski definition) is 2. The molecule has 0 aliphatic carbocycles. The fourth-order valence-electron chi connectivity index (χ4n) is 1.29. The van der Waals surface area contributed by atoms with Gasteiger partial charge < -0.3 is 11.1 Å². The number of nitrogens with two attached hydrogens (primary N) is 1. The van der Waals surface area contributed by atoms with Crippen LogP contribution in [-0.4, -0.2) is 18.5 Å². The molecule has 0 aromatic heterocycles. The standard InChI is InChI=1S/C8H14N2O/c1-2-7(9)5-6-3-4-10-8(6)11/h2,6-7H,1,3-5,9H2,(H,10,11). The Hall–Kier alpha value is -0.830. The first kappa shape index (κ1) is 8.27. The first-order valence-electron chi connectivity index (χ1n) is 3.90. The molecular weight excluding hydrogens is 140 g/mol. The fourth-order valence-corrected chi connectivity index (χ4v) is 1.29. The maximum absolute atomic E-state index is 11.0. The van der Waals surface area contributed by atoms with Crippen molar-refractivity contribution in [2.45, 2.75) is 18.9 Å². The van der Waals surface area contributed by atoms with E-state index in [1.807, 2.05) is 0 Å². The number of carbonyl (C=O) groups is 1. The predicted octanol–water partition coefficient (Wildman–Crippen LogP) is 0.0259. The van der Waals surface area contributed by atoms with Crippen LogP contribution in [0.4, 0.5) is 0 Å². The van der Waals surface area contributed by atoms with E-state index in [1.165, 1.54) is 0 Å². The quantitative estimate of drug-likeness (QED) is 0.563. The van der Waals surface area contributed by atoms with E-state index in [9.17, 15) is 4.79 Å². The molecule has 1 aliphatic rings. The maximum atomic E-state index is 11.0. The van der Waals surface area contributed by atoms with Gasteiger partial charge in [0.05, 0.1) is 0 Å². The summed E-state index contributed by atoms with van der Waals surface area (Å²) in [5.41, 5.74) is 5.62. The molecule has 2 unspecified atom stereocenters. The SMILES string of the molecule is C=CC(N)CC1CCNC1=O. The molecule has 1 rings (SSSR count). The van der Waals surface area contributed by atoms with E-state index in [0.29, 0.717) is 0 Å². The summed E-state index contributed by atoms with van der Waals surface area (Å²) in [4.78, 5) is 11.0. The lowest BCUT2D eigenvalue weighted by Crippen LogP contribution is -2.26. The third kappa shape index (κ3) is 2.05.